The Morgan fingerprint density at radius 2 is 2.00 bits per heavy atom. The Morgan fingerprint density at radius 3 is 2.72 bits per heavy atom. The molecule has 168 valence electrons. The summed E-state index contributed by atoms with van der Waals surface area (Å²) in [5.74, 6) is 0.741. The van der Waals surface area contributed by atoms with E-state index in [1.165, 1.54) is 11.8 Å². The minimum absolute atomic E-state index is 0.00139. The lowest BCUT2D eigenvalue weighted by atomic mass is 9.73. The molecular formula is C22H24Cl2N6OS. The minimum Gasteiger partial charge on any atom is -0.390 e. The summed E-state index contributed by atoms with van der Waals surface area (Å²) >= 11 is 13.9. The van der Waals surface area contributed by atoms with Crippen molar-refractivity contribution in [2.24, 2.45) is 11.1 Å². The number of halogens is 2. The van der Waals surface area contributed by atoms with Crippen LogP contribution in [0.3, 0.4) is 0 Å². The highest BCUT2D eigenvalue weighted by Gasteiger charge is 2.47. The van der Waals surface area contributed by atoms with E-state index < -0.39 is 0 Å². The summed E-state index contributed by atoms with van der Waals surface area (Å²) in [6.45, 7) is 4.22. The van der Waals surface area contributed by atoms with E-state index in [1.807, 2.05) is 36.0 Å². The molecule has 1 unspecified atom stereocenters. The third kappa shape index (κ3) is 3.68. The van der Waals surface area contributed by atoms with Crippen LogP contribution in [0.15, 0.2) is 40.4 Å². The van der Waals surface area contributed by atoms with Crippen molar-refractivity contribution >= 4 is 40.8 Å². The van der Waals surface area contributed by atoms with Gasteiger partial charge in [-0.2, -0.15) is 5.10 Å². The quantitative estimate of drug-likeness (QED) is 0.564. The number of rotatable bonds is 4. The van der Waals surface area contributed by atoms with Gasteiger partial charge in [0, 0.05) is 36.1 Å². The number of nitrogens with zero attached hydrogens (tertiary/aromatic N) is 5. The zero-order valence-electron chi connectivity index (χ0n) is 17.6. The number of aliphatic hydroxyl groups is 1. The maximum Gasteiger partial charge on any atom is 0.153 e. The normalized spacial score (nSPS) is 19.5. The average Bonchev–Trinajstić information content (AvgIpc) is 3.34. The van der Waals surface area contributed by atoms with E-state index in [-0.39, 0.29) is 18.1 Å². The molecule has 2 aliphatic rings. The number of aliphatic hydroxyl groups excluding tert-OH is 1. The van der Waals surface area contributed by atoms with E-state index in [1.54, 1.807) is 6.07 Å². The minimum atomic E-state index is -0.185. The zero-order chi connectivity index (χ0) is 22.5. The Hall–Kier alpha value is -1.84. The lowest BCUT2D eigenvalue weighted by Crippen LogP contribution is -2.45. The SMILES string of the molecule is Cc1nc(N2CCC3(CC2)Cn2nccc2C3N)c(CO)nc1Sc1cccc(Cl)c1Cl. The molecule has 0 aliphatic carbocycles. The van der Waals surface area contributed by atoms with Crippen molar-refractivity contribution in [3.8, 4) is 0 Å². The Labute approximate surface area is 200 Å². The smallest absolute Gasteiger partial charge is 0.153 e. The number of piperidine rings is 1. The number of fused-ring (bicyclic) bond motifs is 1. The van der Waals surface area contributed by atoms with Crippen molar-refractivity contribution < 1.29 is 5.11 Å². The molecule has 0 saturated carbocycles. The summed E-state index contributed by atoms with van der Waals surface area (Å²) in [5.41, 5.74) is 9.11. The van der Waals surface area contributed by atoms with Gasteiger partial charge in [-0.25, -0.2) is 9.97 Å². The molecule has 5 rings (SSSR count). The van der Waals surface area contributed by atoms with E-state index in [0.29, 0.717) is 20.8 Å². The first kappa shape index (κ1) is 22.0. The summed E-state index contributed by atoms with van der Waals surface area (Å²) < 4.78 is 2.04. The number of nitrogens with two attached hydrogens (primary N) is 1. The van der Waals surface area contributed by atoms with Crippen LogP contribution >= 0.6 is 35.0 Å². The predicted molar refractivity (Wildman–Crippen MR) is 126 cm³/mol. The molecule has 32 heavy (non-hydrogen) atoms. The number of hydrogen-bond donors (Lipinski definition) is 2. The van der Waals surface area contributed by atoms with Gasteiger partial charge in [0.1, 0.15) is 10.7 Å². The maximum absolute atomic E-state index is 10.0. The van der Waals surface area contributed by atoms with Gasteiger partial charge in [-0.05, 0) is 38.0 Å². The van der Waals surface area contributed by atoms with Crippen molar-refractivity contribution in [1.82, 2.24) is 19.7 Å². The summed E-state index contributed by atoms with van der Waals surface area (Å²) in [5, 5.41) is 16.2. The van der Waals surface area contributed by atoms with E-state index >= 15 is 0 Å². The van der Waals surface area contributed by atoms with Crippen molar-refractivity contribution in [2.75, 3.05) is 18.0 Å². The fourth-order valence-corrected chi connectivity index (χ4v) is 6.11. The van der Waals surface area contributed by atoms with E-state index in [4.69, 9.17) is 38.9 Å². The molecule has 1 fully saturated rings. The molecule has 2 aliphatic heterocycles. The molecule has 1 spiro atoms. The first-order chi connectivity index (χ1) is 15.4. The molecular weight excluding hydrogens is 467 g/mol. The van der Waals surface area contributed by atoms with Gasteiger partial charge in [-0.3, -0.25) is 4.68 Å². The van der Waals surface area contributed by atoms with Crippen LogP contribution in [0.25, 0.3) is 0 Å². The van der Waals surface area contributed by atoms with Gasteiger partial charge in [0.15, 0.2) is 5.82 Å². The zero-order valence-corrected chi connectivity index (χ0v) is 20.0. The molecule has 0 amide bonds. The molecule has 1 aromatic carbocycles. The highest BCUT2D eigenvalue weighted by Crippen LogP contribution is 2.48. The average molecular weight is 491 g/mol. The summed E-state index contributed by atoms with van der Waals surface area (Å²) in [6, 6.07) is 7.52. The fourth-order valence-electron chi connectivity index (χ4n) is 4.73. The van der Waals surface area contributed by atoms with Gasteiger partial charge in [0.25, 0.3) is 0 Å². The molecule has 0 bridgehead atoms. The van der Waals surface area contributed by atoms with Crippen LogP contribution in [0.1, 0.15) is 36.0 Å². The lowest BCUT2D eigenvalue weighted by molar-refractivity contribution is 0.170. The Bertz CT molecular complexity index is 1160. The predicted octanol–water partition coefficient (Wildman–Crippen LogP) is 4.23. The van der Waals surface area contributed by atoms with Gasteiger partial charge < -0.3 is 15.7 Å². The van der Waals surface area contributed by atoms with Crippen LogP contribution in [-0.4, -0.2) is 37.9 Å². The van der Waals surface area contributed by atoms with E-state index in [2.05, 4.69) is 10.00 Å². The van der Waals surface area contributed by atoms with Crippen LogP contribution in [0.2, 0.25) is 10.0 Å². The number of aromatic nitrogens is 4. The molecule has 3 aromatic rings. The Kier molecular flexibility index (Phi) is 5.84. The number of anilines is 1. The Morgan fingerprint density at radius 1 is 1.22 bits per heavy atom. The second-order valence-corrected chi connectivity index (χ2v) is 10.3. The monoisotopic (exact) mass is 490 g/mol. The van der Waals surface area contributed by atoms with Crippen molar-refractivity contribution in [3.05, 3.63) is 57.6 Å². The number of aryl methyl sites for hydroxylation is 1. The third-order valence-corrected chi connectivity index (χ3v) is 8.67. The molecule has 2 aromatic heterocycles. The van der Waals surface area contributed by atoms with Crippen LogP contribution in [0.4, 0.5) is 5.82 Å². The number of hydrogen-bond acceptors (Lipinski definition) is 7. The molecule has 10 heteroatoms. The highest BCUT2D eigenvalue weighted by molar-refractivity contribution is 7.99. The summed E-state index contributed by atoms with van der Waals surface area (Å²) in [7, 11) is 0. The maximum atomic E-state index is 10.0. The van der Waals surface area contributed by atoms with Crippen molar-refractivity contribution in [3.63, 3.8) is 0 Å². The van der Waals surface area contributed by atoms with Gasteiger partial charge in [0.05, 0.1) is 34.1 Å². The third-order valence-electron chi connectivity index (χ3n) is 6.60. The van der Waals surface area contributed by atoms with Crippen molar-refractivity contribution in [1.29, 1.82) is 0 Å². The molecule has 1 saturated heterocycles. The second-order valence-electron chi connectivity index (χ2n) is 8.44. The van der Waals surface area contributed by atoms with Gasteiger partial charge in [-0.1, -0.05) is 41.0 Å². The molecule has 4 heterocycles. The Balaban J connectivity index is 1.36. The molecule has 1 atom stereocenters. The summed E-state index contributed by atoms with van der Waals surface area (Å²) in [4.78, 5) is 12.6. The topological polar surface area (TPSA) is 93.1 Å². The standard InChI is InChI=1S/C22H24Cl2N6OS/c1-13-21(32-17-4-2-3-14(23)18(17)24)28-15(11-31)20(27-13)29-9-6-22(7-10-29)12-30-16(19(22)25)5-8-26-30/h2-5,8,19,31H,6-7,9-12,25H2,1H3. The second kappa shape index (κ2) is 8.50. The van der Waals surface area contributed by atoms with E-state index in [9.17, 15) is 5.11 Å². The molecule has 3 N–H and O–H groups in total. The first-order valence-electron chi connectivity index (χ1n) is 10.5. The van der Waals surface area contributed by atoms with Gasteiger partial charge in [0.2, 0.25) is 0 Å². The first-order valence-corrected chi connectivity index (χ1v) is 12.1. The van der Waals surface area contributed by atoms with Crippen molar-refractivity contribution in [2.45, 2.75) is 48.9 Å². The largest absolute Gasteiger partial charge is 0.390 e. The van der Waals surface area contributed by atoms with Gasteiger partial charge >= 0.3 is 0 Å². The fraction of sp³-hybridized carbons (Fsp3) is 0.409. The summed E-state index contributed by atoms with van der Waals surface area (Å²) in [6.07, 6.45) is 3.70. The van der Waals surface area contributed by atoms with Crippen LogP contribution in [0, 0.1) is 12.3 Å². The molecule has 7 nitrogen and oxygen atoms in total. The highest BCUT2D eigenvalue weighted by atomic mass is 35.5. The molecule has 0 radical (unpaired) electrons. The van der Waals surface area contributed by atoms with E-state index in [0.717, 1.165) is 54.6 Å². The van der Waals surface area contributed by atoms with Crippen LogP contribution < -0.4 is 10.6 Å². The lowest BCUT2D eigenvalue weighted by Gasteiger charge is -2.42. The van der Waals surface area contributed by atoms with Crippen LogP contribution in [-0.2, 0) is 13.2 Å². The number of benzene rings is 1. The van der Waals surface area contributed by atoms with Gasteiger partial charge in [-0.15, -0.1) is 0 Å². The van der Waals surface area contributed by atoms with Crippen LogP contribution in [0.5, 0.6) is 0 Å².